The maximum Gasteiger partial charge on any atom is 0.185 e. The Morgan fingerprint density at radius 2 is 1.24 bits per heavy atom. The Morgan fingerprint density at radius 1 is 0.740 bits per heavy atom. The summed E-state index contributed by atoms with van der Waals surface area (Å²) >= 11 is 0. The SMILES string of the molecule is C[Si](C)(C)CCOCn1ccc2c(C(=O)C3CCCCC3)ncnc21.C[Si](C)(C)CCOCn1ccc2c(C(O)C3CCCCC3)ncnc21. The molecular formula is C38H60N6O4Si2. The van der Waals surface area contributed by atoms with Crippen LogP contribution >= 0.6 is 0 Å². The summed E-state index contributed by atoms with van der Waals surface area (Å²) in [6.07, 6.45) is 17.9. The van der Waals surface area contributed by atoms with Gasteiger partial charge in [0.1, 0.15) is 43.1 Å². The van der Waals surface area contributed by atoms with Crippen molar-refractivity contribution in [3.8, 4) is 0 Å². The first-order valence-corrected chi connectivity index (χ1v) is 26.3. The molecule has 1 unspecified atom stereocenters. The monoisotopic (exact) mass is 720 g/mol. The number of aliphatic hydroxyl groups excluding tert-OH is 1. The van der Waals surface area contributed by atoms with Crippen LogP contribution in [0.2, 0.25) is 51.4 Å². The van der Waals surface area contributed by atoms with Gasteiger partial charge in [-0.15, -0.1) is 0 Å². The second-order valence-corrected chi connectivity index (χ2v) is 28.0. The second kappa shape index (κ2) is 17.6. The Labute approximate surface area is 300 Å². The lowest BCUT2D eigenvalue weighted by Crippen LogP contribution is -2.22. The van der Waals surface area contributed by atoms with Crippen molar-refractivity contribution in [1.82, 2.24) is 29.1 Å². The topological polar surface area (TPSA) is 117 Å². The van der Waals surface area contributed by atoms with Crippen molar-refractivity contribution < 1.29 is 19.4 Å². The summed E-state index contributed by atoms with van der Waals surface area (Å²) in [4.78, 5) is 30.4. The van der Waals surface area contributed by atoms with E-state index in [1.807, 2.05) is 33.7 Å². The normalized spacial score (nSPS) is 17.2. The molecule has 1 N–H and O–H groups in total. The number of ketones is 1. The molecule has 12 heteroatoms. The number of nitrogens with zero attached hydrogens (tertiary/aromatic N) is 6. The van der Waals surface area contributed by atoms with Crippen molar-refractivity contribution in [3.63, 3.8) is 0 Å². The maximum absolute atomic E-state index is 12.9. The summed E-state index contributed by atoms with van der Waals surface area (Å²) in [6, 6.07) is 6.27. The first-order chi connectivity index (χ1) is 23.9. The molecule has 4 aromatic rings. The molecule has 6 rings (SSSR count). The largest absolute Gasteiger partial charge is 0.386 e. The molecule has 2 saturated carbocycles. The zero-order valence-corrected chi connectivity index (χ0v) is 33.4. The molecule has 10 nitrogen and oxygen atoms in total. The molecule has 2 aliphatic rings. The first-order valence-electron chi connectivity index (χ1n) is 18.9. The number of hydrogen-bond donors (Lipinski definition) is 1. The number of hydrogen-bond acceptors (Lipinski definition) is 8. The molecule has 274 valence electrons. The van der Waals surface area contributed by atoms with E-state index in [0.29, 0.717) is 25.1 Å². The Hall–Kier alpha value is -2.78. The molecule has 0 bridgehead atoms. The molecule has 0 aromatic carbocycles. The summed E-state index contributed by atoms with van der Waals surface area (Å²) in [5, 5.41) is 12.6. The molecule has 0 spiro atoms. The van der Waals surface area contributed by atoms with Crippen LogP contribution in [0.15, 0.2) is 37.2 Å². The van der Waals surface area contributed by atoms with Crippen molar-refractivity contribution in [1.29, 1.82) is 0 Å². The van der Waals surface area contributed by atoms with Gasteiger partial charge < -0.3 is 23.7 Å². The molecular weight excluding hydrogens is 661 g/mol. The van der Waals surface area contributed by atoms with E-state index in [2.05, 4.69) is 59.2 Å². The third kappa shape index (κ3) is 10.6. The van der Waals surface area contributed by atoms with Crippen LogP contribution in [0.25, 0.3) is 22.1 Å². The predicted octanol–water partition coefficient (Wildman–Crippen LogP) is 8.86. The van der Waals surface area contributed by atoms with E-state index in [9.17, 15) is 9.90 Å². The number of rotatable bonds is 14. The Bertz CT molecular complexity index is 1670. The molecule has 0 amide bonds. The van der Waals surface area contributed by atoms with Crippen LogP contribution in [0.1, 0.15) is 86.5 Å². The molecule has 0 radical (unpaired) electrons. The highest BCUT2D eigenvalue weighted by Crippen LogP contribution is 2.36. The van der Waals surface area contributed by atoms with Crippen LogP contribution in [0.4, 0.5) is 0 Å². The van der Waals surface area contributed by atoms with E-state index in [4.69, 9.17) is 9.47 Å². The van der Waals surface area contributed by atoms with Crippen LogP contribution in [0.3, 0.4) is 0 Å². The van der Waals surface area contributed by atoms with Gasteiger partial charge in [0.15, 0.2) is 5.78 Å². The van der Waals surface area contributed by atoms with Crippen molar-refractivity contribution in [2.24, 2.45) is 11.8 Å². The predicted molar refractivity (Wildman–Crippen MR) is 206 cm³/mol. The van der Waals surface area contributed by atoms with Crippen LogP contribution in [0, 0.1) is 11.8 Å². The highest BCUT2D eigenvalue weighted by molar-refractivity contribution is 6.76. The third-order valence-corrected chi connectivity index (χ3v) is 13.6. The standard InChI is InChI=1S/C19H31N3O2Si.C19H29N3O2Si/c2*1-25(2,3)12-11-24-14-22-10-9-16-17(20-13-21-19(16)22)18(23)15-7-5-4-6-8-15/h9-10,13,15,18,23H,4-8,11-12,14H2,1-3H3;9-10,13,15H,4-8,11-12,14H2,1-3H3. The summed E-state index contributed by atoms with van der Waals surface area (Å²) in [7, 11) is -2.15. The minimum absolute atomic E-state index is 0.128. The molecule has 0 aliphatic heterocycles. The van der Waals surface area contributed by atoms with Crippen LogP contribution < -0.4 is 0 Å². The minimum atomic E-state index is -1.08. The van der Waals surface area contributed by atoms with Gasteiger partial charge in [-0.05, 0) is 55.8 Å². The summed E-state index contributed by atoms with van der Waals surface area (Å²) < 4.78 is 15.7. The number of aromatic nitrogens is 6. The summed E-state index contributed by atoms with van der Waals surface area (Å²) in [5.74, 6) is 0.635. The average Bonchev–Trinajstić information content (AvgIpc) is 3.72. The quantitative estimate of drug-likeness (QED) is 0.0780. The molecule has 4 aromatic heterocycles. The molecule has 2 fully saturated rings. The highest BCUT2D eigenvalue weighted by Gasteiger charge is 2.27. The van der Waals surface area contributed by atoms with E-state index in [1.54, 1.807) is 6.33 Å². The second-order valence-electron chi connectivity index (χ2n) is 16.8. The van der Waals surface area contributed by atoms with Gasteiger partial charge in [0.05, 0.1) is 11.8 Å². The van der Waals surface area contributed by atoms with Gasteiger partial charge in [0.2, 0.25) is 0 Å². The Kier molecular flexibility index (Phi) is 13.6. The fourth-order valence-electron chi connectivity index (χ4n) is 6.98. The number of Topliss-reactive ketones (excluding diaryl/α,β-unsaturated/α-hetero) is 1. The Morgan fingerprint density at radius 3 is 1.80 bits per heavy atom. The van der Waals surface area contributed by atoms with Gasteiger partial charge in [-0.3, -0.25) is 4.79 Å². The fourth-order valence-corrected chi connectivity index (χ4v) is 8.49. The van der Waals surface area contributed by atoms with Gasteiger partial charge in [-0.2, -0.15) is 0 Å². The molecule has 4 heterocycles. The van der Waals surface area contributed by atoms with Crippen LogP contribution in [-0.4, -0.2) is 69.3 Å². The number of aliphatic hydroxyl groups is 1. The number of carbonyl (C=O) groups is 1. The van der Waals surface area contributed by atoms with Gasteiger partial charge in [0.25, 0.3) is 0 Å². The van der Waals surface area contributed by atoms with E-state index in [0.717, 1.165) is 91.6 Å². The molecule has 0 saturated heterocycles. The van der Waals surface area contributed by atoms with Crippen LogP contribution in [0.5, 0.6) is 0 Å². The van der Waals surface area contributed by atoms with Gasteiger partial charge in [-0.1, -0.05) is 77.8 Å². The van der Waals surface area contributed by atoms with Crippen molar-refractivity contribution in [2.75, 3.05) is 13.2 Å². The van der Waals surface area contributed by atoms with Gasteiger partial charge in [0, 0.05) is 58.4 Å². The summed E-state index contributed by atoms with van der Waals surface area (Å²) in [5.41, 5.74) is 3.01. The van der Waals surface area contributed by atoms with Crippen molar-refractivity contribution in [3.05, 3.63) is 48.6 Å². The van der Waals surface area contributed by atoms with E-state index < -0.39 is 22.3 Å². The van der Waals surface area contributed by atoms with Crippen LogP contribution in [-0.2, 0) is 22.9 Å². The highest BCUT2D eigenvalue weighted by atomic mass is 28.3. The molecule has 50 heavy (non-hydrogen) atoms. The molecule has 1 atom stereocenters. The van der Waals surface area contributed by atoms with Gasteiger partial charge in [-0.25, -0.2) is 19.9 Å². The lowest BCUT2D eigenvalue weighted by molar-refractivity contribution is 0.0821. The number of fused-ring (bicyclic) bond motifs is 2. The first kappa shape index (κ1) is 38.5. The zero-order valence-electron chi connectivity index (χ0n) is 31.4. The Balaban J connectivity index is 0.000000194. The average molecular weight is 721 g/mol. The van der Waals surface area contributed by atoms with E-state index in [1.165, 1.54) is 32.0 Å². The van der Waals surface area contributed by atoms with Crippen molar-refractivity contribution >= 4 is 44.0 Å². The smallest absolute Gasteiger partial charge is 0.185 e. The van der Waals surface area contributed by atoms with Gasteiger partial charge >= 0.3 is 0 Å². The lowest BCUT2D eigenvalue weighted by atomic mass is 9.83. The zero-order chi connectivity index (χ0) is 35.7. The van der Waals surface area contributed by atoms with E-state index in [-0.39, 0.29) is 11.7 Å². The number of carbonyl (C=O) groups excluding carboxylic acids is 1. The summed E-state index contributed by atoms with van der Waals surface area (Å²) in [6.45, 7) is 16.6. The third-order valence-electron chi connectivity index (χ3n) is 10.2. The molecule has 2 aliphatic carbocycles. The maximum atomic E-state index is 12.9. The lowest BCUT2D eigenvalue weighted by Gasteiger charge is -2.26. The van der Waals surface area contributed by atoms with Crippen molar-refractivity contribution in [2.45, 2.75) is 135 Å². The number of ether oxygens (including phenoxy) is 2. The fraction of sp³-hybridized carbons (Fsp3) is 0.658. The van der Waals surface area contributed by atoms with E-state index >= 15 is 0 Å². The minimum Gasteiger partial charge on any atom is -0.386 e.